The zero-order valence-corrected chi connectivity index (χ0v) is 19.2. The van der Waals surface area contributed by atoms with Crippen LogP contribution in [0, 0.1) is 34.0 Å². The van der Waals surface area contributed by atoms with Crippen LogP contribution in [-0.2, 0) is 23.9 Å². The summed E-state index contributed by atoms with van der Waals surface area (Å²) in [7, 11) is 0. The SMILES string of the molecule is CC(=O)O[C@H]1CC[C@]2(C)C(=CC(=O)[C@H]3[C@H]4CC[C@H](OC(C)=O)[C@]4(C)CC[C@@H]32)C1(C)C. The van der Waals surface area contributed by atoms with Crippen LogP contribution in [0.3, 0.4) is 0 Å². The first-order valence-corrected chi connectivity index (χ1v) is 11.5. The third kappa shape index (κ3) is 2.98. The topological polar surface area (TPSA) is 69.7 Å². The average molecular weight is 417 g/mol. The van der Waals surface area contributed by atoms with Crippen molar-refractivity contribution in [3.8, 4) is 0 Å². The van der Waals surface area contributed by atoms with Crippen molar-refractivity contribution in [2.75, 3.05) is 0 Å². The number of esters is 2. The van der Waals surface area contributed by atoms with Gasteiger partial charge in [-0.3, -0.25) is 14.4 Å². The maximum atomic E-state index is 13.6. The predicted molar refractivity (Wildman–Crippen MR) is 112 cm³/mol. The first kappa shape index (κ1) is 21.6. The molecule has 0 heterocycles. The highest BCUT2D eigenvalue weighted by Gasteiger charge is 2.64. The fourth-order valence-corrected chi connectivity index (χ4v) is 7.81. The lowest BCUT2D eigenvalue weighted by atomic mass is 9.44. The molecule has 5 heteroatoms. The van der Waals surface area contributed by atoms with Gasteiger partial charge in [-0.2, -0.15) is 0 Å². The number of carbonyl (C=O) groups excluding carboxylic acids is 3. The Hall–Kier alpha value is -1.65. The van der Waals surface area contributed by atoms with Gasteiger partial charge in [-0.1, -0.05) is 33.3 Å². The minimum absolute atomic E-state index is 0.000802. The second-order valence-corrected chi connectivity index (χ2v) is 11.2. The van der Waals surface area contributed by atoms with E-state index >= 15 is 0 Å². The summed E-state index contributed by atoms with van der Waals surface area (Å²) in [6, 6.07) is 0. The number of hydrogen-bond acceptors (Lipinski definition) is 5. The maximum absolute atomic E-state index is 13.6. The second kappa shape index (κ2) is 6.93. The standard InChI is InChI=1S/C25H36O5/c1-14(26)29-20-10-12-24(5)17-9-11-25(6)16(7-8-21(25)30-15(2)27)22(17)18(28)13-19(24)23(20,3)4/h13,16-17,20-22H,7-12H2,1-6H3/t16-,17+,20+,21+,22+,24+,25-/m1/s1. The molecule has 3 fully saturated rings. The third-order valence-corrected chi connectivity index (χ3v) is 9.27. The van der Waals surface area contributed by atoms with Gasteiger partial charge in [0.1, 0.15) is 12.2 Å². The lowest BCUT2D eigenvalue weighted by Crippen LogP contribution is -2.57. The number of hydrogen-bond donors (Lipinski definition) is 0. The van der Waals surface area contributed by atoms with Crippen molar-refractivity contribution in [2.24, 2.45) is 34.0 Å². The third-order valence-electron chi connectivity index (χ3n) is 9.27. The van der Waals surface area contributed by atoms with Crippen LogP contribution >= 0.6 is 0 Å². The van der Waals surface area contributed by atoms with E-state index in [1.54, 1.807) is 0 Å². The molecule has 0 unspecified atom stereocenters. The zero-order valence-electron chi connectivity index (χ0n) is 19.2. The van der Waals surface area contributed by atoms with Gasteiger partial charge in [0.25, 0.3) is 0 Å². The molecular weight excluding hydrogens is 380 g/mol. The largest absolute Gasteiger partial charge is 0.462 e. The predicted octanol–water partition coefficient (Wildman–Crippen LogP) is 4.63. The smallest absolute Gasteiger partial charge is 0.302 e. The van der Waals surface area contributed by atoms with Gasteiger partial charge in [-0.05, 0) is 61.9 Å². The van der Waals surface area contributed by atoms with Crippen molar-refractivity contribution in [1.29, 1.82) is 0 Å². The van der Waals surface area contributed by atoms with Crippen LogP contribution in [-0.4, -0.2) is 29.9 Å². The first-order valence-electron chi connectivity index (χ1n) is 11.5. The molecule has 0 aliphatic heterocycles. The van der Waals surface area contributed by atoms with Crippen molar-refractivity contribution in [1.82, 2.24) is 0 Å². The molecule has 4 rings (SSSR count). The number of carbonyl (C=O) groups is 3. The molecule has 4 aliphatic carbocycles. The number of ether oxygens (including phenoxy) is 2. The molecule has 4 aliphatic rings. The number of ketones is 1. The van der Waals surface area contributed by atoms with Crippen LogP contribution in [0.2, 0.25) is 0 Å². The van der Waals surface area contributed by atoms with Crippen LogP contribution in [0.1, 0.15) is 80.1 Å². The summed E-state index contributed by atoms with van der Waals surface area (Å²) in [4.78, 5) is 36.9. The molecule has 0 bridgehead atoms. The van der Waals surface area contributed by atoms with E-state index in [1.807, 2.05) is 6.08 Å². The van der Waals surface area contributed by atoms with Gasteiger partial charge in [0.2, 0.25) is 0 Å². The highest BCUT2D eigenvalue weighted by Crippen LogP contribution is 2.66. The lowest BCUT2D eigenvalue weighted by molar-refractivity contribution is -0.161. The van der Waals surface area contributed by atoms with Gasteiger partial charge in [0, 0.05) is 30.6 Å². The van der Waals surface area contributed by atoms with E-state index in [0.717, 1.165) is 44.1 Å². The van der Waals surface area contributed by atoms with Crippen molar-refractivity contribution < 1.29 is 23.9 Å². The highest BCUT2D eigenvalue weighted by atomic mass is 16.5. The molecule has 0 aromatic rings. The molecule has 3 saturated carbocycles. The summed E-state index contributed by atoms with van der Waals surface area (Å²) in [6.45, 7) is 11.7. The molecule has 7 atom stereocenters. The summed E-state index contributed by atoms with van der Waals surface area (Å²) in [5, 5.41) is 0. The quantitative estimate of drug-likeness (QED) is 0.614. The van der Waals surface area contributed by atoms with E-state index in [0.29, 0.717) is 5.92 Å². The number of rotatable bonds is 2. The minimum Gasteiger partial charge on any atom is -0.462 e. The Labute approximate surface area is 179 Å². The van der Waals surface area contributed by atoms with Crippen molar-refractivity contribution in [2.45, 2.75) is 92.3 Å². The van der Waals surface area contributed by atoms with Gasteiger partial charge in [0.15, 0.2) is 5.78 Å². The number of fused-ring (bicyclic) bond motifs is 5. The fraction of sp³-hybridized carbons (Fsp3) is 0.800. The summed E-state index contributed by atoms with van der Waals surface area (Å²) < 4.78 is 11.4. The van der Waals surface area contributed by atoms with E-state index in [1.165, 1.54) is 13.8 Å². The zero-order chi connectivity index (χ0) is 22.1. The summed E-state index contributed by atoms with van der Waals surface area (Å²) >= 11 is 0. The molecule has 30 heavy (non-hydrogen) atoms. The molecule has 0 radical (unpaired) electrons. The first-order chi connectivity index (χ1) is 13.9. The van der Waals surface area contributed by atoms with Crippen molar-refractivity contribution >= 4 is 17.7 Å². The van der Waals surface area contributed by atoms with Gasteiger partial charge in [-0.25, -0.2) is 0 Å². The Bertz CT molecular complexity index is 810. The molecule has 0 saturated heterocycles. The Kier molecular flexibility index (Phi) is 4.98. The van der Waals surface area contributed by atoms with E-state index in [4.69, 9.17) is 9.47 Å². The minimum atomic E-state index is -0.351. The molecule has 0 aromatic heterocycles. The Morgan fingerprint density at radius 2 is 1.50 bits per heavy atom. The molecule has 0 aromatic carbocycles. The van der Waals surface area contributed by atoms with E-state index < -0.39 is 0 Å². The Balaban J connectivity index is 1.70. The highest BCUT2D eigenvalue weighted by molar-refractivity contribution is 5.95. The normalized spacial score (nSPS) is 44.3. The van der Waals surface area contributed by atoms with Crippen LogP contribution in [0.5, 0.6) is 0 Å². The Morgan fingerprint density at radius 3 is 2.13 bits per heavy atom. The summed E-state index contributed by atoms with van der Waals surface area (Å²) in [5.41, 5.74) is 0.640. The van der Waals surface area contributed by atoms with Gasteiger partial charge in [0.05, 0.1) is 0 Å². The molecule has 5 nitrogen and oxygen atoms in total. The van der Waals surface area contributed by atoms with Gasteiger partial charge in [-0.15, -0.1) is 0 Å². The molecule has 166 valence electrons. The van der Waals surface area contributed by atoms with E-state index in [9.17, 15) is 14.4 Å². The lowest BCUT2D eigenvalue weighted by Gasteiger charge is -2.60. The van der Waals surface area contributed by atoms with Crippen LogP contribution in [0.25, 0.3) is 0 Å². The van der Waals surface area contributed by atoms with Crippen LogP contribution in [0.15, 0.2) is 11.6 Å². The van der Waals surface area contributed by atoms with E-state index in [-0.39, 0.29) is 58.0 Å². The molecular formula is C25H36O5. The fourth-order valence-electron chi connectivity index (χ4n) is 7.81. The Morgan fingerprint density at radius 1 is 0.867 bits per heavy atom. The molecule has 0 amide bonds. The summed E-state index contributed by atoms with van der Waals surface area (Å²) in [5.74, 6) is 0.308. The summed E-state index contributed by atoms with van der Waals surface area (Å²) in [6.07, 6.45) is 7.16. The number of allylic oxidation sites excluding steroid dienone is 1. The molecule has 0 spiro atoms. The monoisotopic (exact) mass is 416 g/mol. The maximum Gasteiger partial charge on any atom is 0.302 e. The van der Waals surface area contributed by atoms with Gasteiger partial charge >= 0.3 is 11.9 Å². The van der Waals surface area contributed by atoms with Gasteiger partial charge < -0.3 is 9.47 Å². The average Bonchev–Trinajstić information content (AvgIpc) is 2.95. The van der Waals surface area contributed by atoms with Crippen molar-refractivity contribution in [3.05, 3.63) is 11.6 Å². The van der Waals surface area contributed by atoms with Crippen LogP contribution in [0.4, 0.5) is 0 Å². The molecule has 0 N–H and O–H groups in total. The van der Waals surface area contributed by atoms with Crippen molar-refractivity contribution in [3.63, 3.8) is 0 Å². The van der Waals surface area contributed by atoms with Crippen LogP contribution < -0.4 is 0 Å². The second-order valence-electron chi connectivity index (χ2n) is 11.2. The van der Waals surface area contributed by atoms with E-state index in [2.05, 4.69) is 27.7 Å².